The Balaban J connectivity index is 1.69. The summed E-state index contributed by atoms with van der Waals surface area (Å²) in [4.78, 5) is 16.6. The fourth-order valence-corrected chi connectivity index (χ4v) is 3.29. The van der Waals surface area contributed by atoms with Crippen LogP contribution >= 0.6 is 23.4 Å². The van der Waals surface area contributed by atoms with E-state index in [4.69, 9.17) is 21.1 Å². The molecule has 0 spiro atoms. The number of hydrogen-bond donors (Lipinski definition) is 2. The van der Waals surface area contributed by atoms with Crippen molar-refractivity contribution in [2.24, 2.45) is 0 Å². The number of carbonyl (C=O) groups excluding carboxylic acids is 1. The molecule has 3 rings (SSSR count). The minimum Gasteiger partial charge on any atom is -0.495 e. The van der Waals surface area contributed by atoms with E-state index in [0.29, 0.717) is 27.8 Å². The fourth-order valence-electron chi connectivity index (χ4n) is 2.32. The zero-order chi connectivity index (χ0) is 19.2. The maximum atomic E-state index is 12.6. The number of aromatic nitrogens is 3. The van der Waals surface area contributed by atoms with Gasteiger partial charge in [-0.05, 0) is 17.7 Å². The van der Waals surface area contributed by atoms with Gasteiger partial charge >= 0.3 is 0 Å². The summed E-state index contributed by atoms with van der Waals surface area (Å²) in [6.45, 7) is 0. The summed E-state index contributed by atoms with van der Waals surface area (Å²) in [5, 5.41) is 10.6. The van der Waals surface area contributed by atoms with E-state index in [0.717, 1.165) is 16.5 Å². The second kappa shape index (κ2) is 8.79. The van der Waals surface area contributed by atoms with Crippen molar-refractivity contribution in [2.45, 2.75) is 10.9 Å². The number of rotatable bonds is 7. The van der Waals surface area contributed by atoms with Crippen LogP contribution in [0.2, 0.25) is 5.02 Å². The summed E-state index contributed by atoms with van der Waals surface area (Å²) in [6.07, 6.45) is 1.47. The smallest absolute Gasteiger partial charge is 0.255 e. The highest BCUT2D eigenvalue weighted by Crippen LogP contribution is 2.36. The van der Waals surface area contributed by atoms with Crippen LogP contribution in [-0.2, 0) is 5.75 Å². The molecule has 0 unspecified atom stereocenters. The Bertz CT molecular complexity index is 917. The summed E-state index contributed by atoms with van der Waals surface area (Å²) >= 11 is 7.62. The largest absolute Gasteiger partial charge is 0.495 e. The second-order valence-corrected chi connectivity index (χ2v) is 6.79. The highest BCUT2D eigenvalue weighted by atomic mass is 35.5. The normalized spacial score (nSPS) is 10.5. The number of hydrogen-bond acceptors (Lipinski definition) is 6. The van der Waals surface area contributed by atoms with Crippen LogP contribution < -0.4 is 14.8 Å². The fraction of sp³-hybridized carbons (Fsp3) is 0.167. The van der Waals surface area contributed by atoms with Crippen molar-refractivity contribution in [3.8, 4) is 11.5 Å². The number of thioether (sulfide) groups is 1. The van der Waals surface area contributed by atoms with E-state index in [1.54, 1.807) is 24.3 Å². The Morgan fingerprint density at radius 1 is 1.19 bits per heavy atom. The minimum atomic E-state index is -0.257. The van der Waals surface area contributed by atoms with Gasteiger partial charge in [-0.25, -0.2) is 4.98 Å². The first-order valence-electron chi connectivity index (χ1n) is 7.90. The van der Waals surface area contributed by atoms with Crippen molar-refractivity contribution < 1.29 is 14.3 Å². The van der Waals surface area contributed by atoms with Crippen molar-refractivity contribution in [3.05, 3.63) is 58.9 Å². The molecule has 2 N–H and O–H groups in total. The SMILES string of the molecule is COc1cc(NC(=O)c2ccc(CSc3ncn[nH]3)cc2)c(OC)cc1Cl. The maximum absolute atomic E-state index is 12.6. The third-order valence-corrected chi connectivity index (χ3v) is 4.95. The first-order chi connectivity index (χ1) is 13.1. The molecule has 1 amide bonds. The lowest BCUT2D eigenvalue weighted by Gasteiger charge is -2.13. The lowest BCUT2D eigenvalue weighted by atomic mass is 10.1. The standard InChI is InChI=1S/C18H17ClN4O3S/c1-25-15-8-14(16(26-2)7-13(15)19)22-17(24)12-5-3-11(4-6-12)9-27-18-20-10-21-23-18/h3-8,10H,9H2,1-2H3,(H,22,24)(H,20,21,23). The van der Waals surface area contributed by atoms with Gasteiger partial charge in [-0.2, -0.15) is 5.10 Å². The number of nitrogens with zero attached hydrogens (tertiary/aromatic N) is 2. The van der Waals surface area contributed by atoms with Gasteiger partial charge in [0.1, 0.15) is 17.8 Å². The average Bonchev–Trinajstić information content (AvgIpc) is 3.21. The Morgan fingerprint density at radius 3 is 2.56 bits per heavy atom. The first-order valence-corrected chi connectivity index (χ1v) is 9.27. The van der Waals surface area contributed by atoms with Crippen molar-refractivity contribution in [1.82, 2.24) is 15.2 Å². The molecule has 7 nitrogen and oxygen atoms in total. The molecule has 0 aliphatic heterocycles. The monoisotopic (exact) mass is 404 g/mol. The second-order valence-electron chi connectivity index (χ2n) is 5.42. The van der Waals surface area contributed by atoms with Gasteiger partial charge < -0.3 is 14.8 Å². The summed E-state index contributed by atoms with van der Waals surface area (Å²) in [7, 11) is 3.02. The molecule has 0 saturated carbocycles. The van der Waals surface area contributed by atoms with Gasteiger partial charge in [0.15, 0.2) is 5.16 Å². The van der Waals surface area contributed by atoms with Crippen LogP contribution in [0.15, 0.2) is 47.9 Å². The lowest BCUT2D eigenvalue weighted by Crippen LogP contribution is -2.12. The molecule has 0 radical (unpaired) electrons. The Kier molecular flexibility index (Phi) is 6.20. The van der Waals surface area contributed by atoms with Gasteiger partial charge in [0.2, 0.25) is 0 Å². The highest BCUT2D eigenvalue weighted by Gasteiger charge is 2.14. The van der Waals surface area contributed by atoms with E-state index in [1.807, 2.05) is 12.1 Å². The van der Waals surface area contributed by atoms with Crippen molar-refractivity contribution in [2.75, 3.05) is 19.5 Å². The van der Waals surface area contributed by atoms with Gasteiger partial charge in [0.25, 0.3) is 5.91 Å². The lowest BCUT2D eigenvalue weighted by molar-refractivity contribution is 0.102. The molecule has 1 aromatic heterocycles. The number of carbonyl (C=O) groups is 1. The molecule has 0 atom stereocenters. The van der Waals surface area contributed by atoms with E-state index in [2.05, 4.69) is 20.5 Å². The molecular weight excluding hydrogens is 388 g/mol. The number of H-pyrrole nitrogens is 1. The molecule has 140 valence electrons. The maximum Gasteiger partial charge on any atom is 0.255 e. The van der Waals surface area contributed by atoms with E-state index in [9.17, 15) is 4.79 Å². The quantitative estimate of drug-likeness (QED) is 0.578. The number of halogens is 1. The number of aromatic amines is 1. The molecule has 0 aliphatic carbocycles. The molecular formula is C18H17ClN4O3S. The summed E-state index contributed by atoms with van der Waals surface area (Å²) in [5.41, 5.74) is 2.08. The highest BCUT2D eigenvalue weighted by molar-refractivity contribution is 7.98. The zero-order valence-electron chi connectivity index (χ0n) is 14.7. The van der Waals surface area contributed by atoms with Gasteiger partial charge in [0, 0.05) is 23.4 Å². The molecule has 0 saturated heterocycles. The van der Waals surface area contributed by atoms with Gasteiger partial charge in [-0.1, -0.05) is 35.5 Å². The van der Waals surface area contributed by atoms with Crippen LogP contribution in [0.25, 0.3) is 0 Å². The molecule has 0 aliphatic rings. The van der Waals surface area contributed by atoms with E-state index < -0.39 is 0 Å². The third kappa shape index (κ3) is 4.72. The predicted molar refractivity (Wildman–Crippen MR) is 105 cm³/mol. The molecule has 1 heterocycles. The van der Waals surface area contributed by atoms with Crippen LogP contribution in [0.1, 0.15) is 15.9 Å². The van der Waals surface area contributed by atoms with E-state index >= 15 is 0 Å². The first kappa shape index (κ1) is 19.1. The zero-order valence-corrected chi connectivity index (χ0v) is 16.2. The topological polar surface area (TPSA) is 89.1 Å². The van der Waals surface area contributed by atoms with Crippen LogP contribution in [0, 0.1) is 0 Å². The Hall–Kier alpha value is -2.71. The molecule has 2 aromatic carbocycles. The van der Waals surface area contributed by atoms with Gasteiger partial charge in [-0.3, -0.25) is 9.89 Å². The predicted octanol–water partition coefficient (Wildman–Crippen LogP) is 4.02. The number of benzene rings is 2. The average molecular weight is 405 g/mol. The molecule has 3 aromatic rings. The van der Waals surface area contributed by atoms with E-state index in [1.165, 1.54) is 32.3 Å². The minimum absolute atomic E-state index is 0.257. The third-order valence-electron chi connectivity index (χ3n) is 3.71. The summed E-state index contributed by atoms with van der Waals surface area (Å²) in [6, 6.07) is 10.6. The van der Waals surface area contributed by atoms with Crippen LogP contribution in [0.4, 0.5) is 5.69 Å². The molecule has 9 heteroatoms. The number of amides is 1. The number of anilines is 1. The van der Waals surface area contributed by atoms with Crippen molar-refractivity contribution in [3.63, 3.8) is 0 Å². The van der Waals surface area contributed by atoms with Crippen LogP contribution in [0.3, 0.4) is 0 Å². The van der Waals surface area contributed by atoms with Crippen molar-refractivity contribution in [1.29, 1.82) is 0 Å². The summed E-state index contributed by atoms with van der Waals surface area (Å²) in [5.74, 6) is 1.37. The molecule has 0 fully saturated rings. The van der Waals surface area contributed by atoms with Gasteiger partial charge in [-0.15, -0.1) is 0 Å². The molecule has 0 bridgehead atoms. The van der Waals surface area contributed by atoms with Crippen LogP contribution in [-0.4, -0.2) is 35.3 Å². The number of ether oxygens (including phenoxy) is 2. The van der Waals surface area contributed by atoms with Crippen molar-refractivity contribution >= 4 is 35.0 Å². The Morgan fingerprint density at radius 2 is 1.93 bits per heavy atom. The van der Waals surface area contributed by atoms with Crippen LogP contribution in [0.5, 0.6) is 11.5 Å². The summed E-state index contributed by atoms with van der Waals surface area (Å²) < 4.78 is 10.5. The number of methoxy groups -OCH3 is 2. The Labute approximate surface area is 165 Å². The molecule has 27 heavy (non-hydrogen) atoms. The van der Waals surface area contributed by atoms with E-state index in [-0.39, 0.29) is 5.91 Å². The van der Waals surface area contributed by atoms with Gasteiger partial charge in [0.05, 0.1) is 24.9 Å². The number of nitrogens with one attached hydrogen (secondary N) is 2.